The van der Waals surface area contributed by atoms with Crippen LogP contribution in [0, 0.1) is 6.92 Å². The lowest BCUT2D eigenvalue weighted by molar-refractivity contribution is 0.0690. The van der Waals surface area contributed by atoms with E-state index < -0.39 is 5.97 Å². The minimum absolute atomic E-state index is 0.0185. The van der Waals surface area contributed by atoms with Gasteiger partial charge >= 0.3 is 5.97 Å². The molecule has 4 nitrogen and oxygen atoms in total. The van der Waals surface area contributed by atoms with Crippen LogP contribution in [0.4, 0.5) is 0 Å². The number of carboxylic acids is 1. The predicted octanol–water partition coefficient (Wildman–Crippen LogP) is 3.65. The Balaban J connectivity index is 2.51. The first kappa shape index (κ1) is 13.3. The van der Waals surface area contributed by atoms with Crippen molar-refractivity contribution in [1.29, 1.82) is 0 Å². The highest BCUT2D eigenvalue weighted by molar-refractivity contribution is 5.85. The summed E-state index contributed by atoms with van der Waals surface area (Å²) in [6, 6.07) is 6.08. The molecule has 1 heterocycles. The number of aromatic carboxylic acids is 1. The van der Waals surface area contributed by atoms with Crippen LogP contribution in [0.15, 0.2) is 28.9 Å². The molecule has 0 amide bonds. The lowest BCUT2D eigenvalue weighted by Crippen LogP contribution is -2.11. The van der Waals surface area contributed by atoms with Gasteiger partial charge in [-0.1, -0.05) is 32.9 Å². The number of benzene rings is 1. The maximum absolute atomic E-state index is 10.8. The molecule has 0 aliphatic heterocycles. The van der Waals surface area contributed by atoms with Gasteiger partial charge in [0.2, 0.25) is 5.89 Å². The molecule has 2 aromatic rings. The fourth-order valence-electron chi connectivity index (χ4n) is 1.81. The van der Waals surface area contributed by atoms with Crippen LogP contribution in [0.25, 0.3) is 11.5 Å². The largest absolute Gasteiger partial charge is 0.476 e. The number of nitrogens with zero attached hydrogens (tertiary/aromatic N) is 1. The molecule has 0 radical (unpaired) electrons. The molecule has 1 aromatic carbocycles. The zero-order valence-corrected chi connectivity index (χ0v) is 11.5. The second-order valence-corrected chi connectivity index (χ2v) is 5.62. The third kappa shape index (κ3) is 2.67. The SMILES string of the molecule is Cc1ccc(C(C)(C)C)cc1-c1nc(C(=O)O)co1. The monoisotopic (exact) mass is 259 g/mol. The van der Waals surface area contributed by atoms with Gasteiger partial charge < -0.3 is 9.52 Å². The summed E-state index contributed by atoms with van der Waals surface area (Å²) in [6.07, 6.45) is 1.17. The van der Waals surface area contributed by atoms with Gasteiger partial charge in [0.15, 0.2) is 5.69 Å². The van der Waals surface area contributed by atoms with Gasteiger partial charge in [-0.25, -0.2) is 9.78 Å². The van der Waals surface area contributed by atoms with E-state index in [-0.39, 0.29) is 11.1 Å². The lowest BCUT2D eigenvalue weighted by Gasteiger charge is -2.20. The summed E-state index contributed by atoms with van der Waals surface area (Å²) in [5.41, 5.74) is 2.94. The highest BCUT2D eigenvalue weighted by Crippen LogP contribution is 2.29. The van der Waals surface area contributed by atoms with Crippen LogP contribution in [0.3, 0.4) is 0 Å². The number of carboxylic acid groups (broad SMARTS) is 1. The molecule has 2 rings (SSSR count). The number of carbonyl (C=O) groups is 1. The van der Waals surface area contributed by atoms with E-state index in [0.717, 1.165) is 16.7 Å². The van der Waals surface area contributed by atoms with E-state index in [9.17, 15) is 4.79 Å². The standard InChI is InChI=1S/C15H17NO3/c1-9-5-6-10(15(2,3)4)7-11(9)13-16-12(8-19-13)14(17)18/h5-8H,1-4H3,(H,17,18). The number of aryl methyl sites for hydroxylation is 1. The average Bonchev–Trinajstić information content (AvgIpc) is 2.77. The van der Waals surface area contributed by atoms with E-state index in [0.29, 0.717) is 5.89 Å². The summed E-state index contributed by atoms with van der Waals surface area (Å²) in [5, 5.41) is 8.88. The topological polar surface area (TPSA) is 63.3 Å². The third-order valence-corrected chi connectivity index (χ3v) is 3.06. The Kier molecular flexibility index (Phi) is 3.18. The molecular weight excluding hydrogens is 242 g/mol. The quantitative estimate of drug-likeness (QED) is 0.894. The van der Waals surface area contributed by atoms with E-state index in [1.807, 2.05) is 19.1 Å². The van der Waals surface area contributed by atoms with Gasteiger partial charge in [0.25, 0.3) is 0 Å². The van der Waals surface area contributed by atoms with Crippen molar-refractivity contribution in [1.82, 2.24) is 4.98 Å². The molecule has 0 unspecified atom stereocenters. The van der Waals surface area contributed by atoms with Crippen LogP contribution < -0.4 is 0 Å². The zero-order valence-electron chi connectivity index (χ0n) is 11.5. The Morgan fingerprint density at radius 1 is 1.32 bits per heavy atom. The van der Waals surface area contributed by atoms with Crippen molar-refractivity contribution in [2.75, 3.05) is 0 Å². The van der Waals surface area contributed by atoms with Gasteiger partial charge in [-0.15, -0.1) is 0 Å². The summed E-state index contributed by atoms with van der Waals surface area (Å²) in [7, 11) is 0. The normalized spacial score (nSPS) is 11.6. The maximum atomic E-state index is 10.8. The summed E-state index contributed by atoms with van der Waals surface area (Å²) >= 11 is 0. The summed E-state index contributed by atoms with van der Waals surface area (Å²) in [4.78, 5) is 14.8. The Hall–Kier alpha value is -2.10. The van der Waals surface area contributed by atoms with E-state index >= 15 is 0 Å². The minimum atomic E-state index is -1.08. The van der Waals surface area contributed by atoms with Crippen LogP contribution in [0.5, 0.6) is 0 Å². The summed E-state index contributed by atoms with van der Waals surface area (Å²) in [5.74, 6) is -0.736. The van der Waals surface area contributed by atoms with E-state index in [1.165, 1.54) is 6.26 Å². The molecule has 1 aromatic heterocycles. The molecule has 1 N–H and O–H groups in total. The van der Waals surface area contributed by atoms with E-state index in [1.54, 1.807) is 0 Å². The molecule has 100 valence electrons. The molecule has 19 heavy (non-hydrogen) atoms. The molecule has 0 bridgehead atoms. The fraction of sp³-hybridized carbons (Fsp3) is 0.333. The van der Waals surface area contributed by atoms with E-state index in [2.05, 4.69) is 31.8 Å². The second kappa shape index (κ2) is 4.53. The molecule has 0 spiro atoms. The van der Waals surface area contributed by atoms with Crippen LogP contribution in [0.2, 0.25) is 0 Å². The van der Waals surface area contributed by atoms with E-state index in [4.69, 9.17) is 9.52 Å². The van der Waals surface area contributed by atoms with Gasteiger partial charge in [-0.2, -0.15) is 0 Å². The third-order valence-electron chi connectivity index (χ3n) is 3.06. The average molecular weight is 259 g/mol. The van der Waals surface area contributed by atoms with Gasteiger partial charge in [0.05, 0.1) is 0 Å². The van der Waals surface area contributed by atoms with Gasteiger partial charge in [-0.3, -0.25) is 0 Å². The van der Waals surface area contributed by atoms with Gasteiger partial charge in [0, 0.05) is 5.56 Å². The Morgan fingerprint density at radius 2 is 2.00 bits per heavy atom. The van der Waals surface area contributed by atoms with Crippen molar-refractivity contribution in [2.45, 2.75) is 33.1 Å². The smallest absolute Gasteiger partial charge is 0.357 e. The van der Waals surface area contributed by atoms with Gasteiger partial charge in [-0.05, 0) is 29.5 Å². The van der Waals surface area contributed by atoms with Crippen molar-refractivity contribution in [3.8, 4) is 11.5 Å². The predicted molar refractivity (Wildman–Crippen MR) is 72.3 cm³/mol. The number of rotatable bonds is 2. The minimum Gasteiger partial charge on any atom is -0.476 e. The maximum Gasteiger partial charge on any atom is 0.357 e. The van der Waals surface area contributed by atoms with Gasteiger partial charge in [0.1, 0.15) is 6.26 Å². The zero-order chi connectivity index (χ0) is 14.2. The molecular formula is C15H17NO3. The molecule has 0 aliphatic carbocycles. The van der Waals surface area contributed by atoms with Crippen LogP contribution >= 0.6 is 0 Å². The molecule has 0 saturated heterocycles. The highest BCUT2D eigenvalue weighted by Gasteiger charge is 2.18. The number of aromatic nitrogens is 1. The van der Waals surface area contributed by atoms with Crippen molar-refractivity contribution >= 4 is 5.97 Å². The molecule has 0 aliphatic rings. The van der Waals surface area contributed by atoms with Crippen LogP contribution in [-0.2, 0) is 5.41 Å². The summed E-state index contributed by atoms with van der Waals surface area (Å²) in [6.45, 7) is 8.32. The Morgan fingerprint density at radius 3 is 2.53 bits per heavy atom. The lowest BCUT2D eigenvalue weighted by atomic mass is 9.85. The number of hydrogen-bond acceptors (Lipinski definition) is 3. The second-order valence-electron chi connectivity index (χ2n) is 5.62. The molecule has 0 saturated carbocycles. The van der Waals surface area contributed by atoms with Crippen molar-refractivity contribution < 1.29 is 14.3 Å². The molecule has 0 atom stereocenters. The van der Waals surface area contributed by atoms with Crippen LogP contribution in [0.1, 0.15) is 42.4 Å². The van der Waals surface area contributed by atoms with Crippen molar-refractivity contribution in [3.63, 3.8) is 0 Å². The van der Waals surface area contributed by atoms with Crippen molar-refractivity contribution in [3.05, 3.63) is 41.3 Å². The summed E-state index contributed by atoms with van der Waals surface area (Å²) < 4.78 is 5.27. The molecule has 4 heteroatoms. The fourth-order valence-corrected chi connectivity index (χ4v) is 1.81. The first-order valence-electron chi connectivity index (χ1n) is 6.09. The van der Waals surface area contributed by atoms with Crippen molar-refractivity contribution in [2.24, 2.45) is 0 Å². The van der Waals surface area contributed by atoms with Crippen LogP contribution in [-0.4, -0.2) is 16.1 Å². The molecule has 0 fully saturated rings. The Bertz CT molecular complexity index is 621. The first-order chi connectivity index (χ1) is 8.79. The number of hydrogen-bond donors (Lipinski definition) is 1. The highest BCUT2D eigenvalue weighted by atomic mass is 16.4. The Labute approximate surface area is 112 Å². The number of oxazole rings is 1. The first-order valence-corrected chi connectivity index (χ1v) is 6.09.